The Morgan fingerprint density at radius 3 is 1.20 bits per heavy atom. The maximum atomic E-state index is 13.0. The van der Waals surface area contributed by atoms with Crippen LogP contribution in [0.3, 0.4) is 0 Å². The topological polar surface area (TPSA) is 182 Å². The summed E-state index contributed by atoms with van der Waals surface area (Å²) in [4.78, 5) is 25.9. The van der Waals surface area contributed by atoms with Crippen LogP contribution in [0.4, 0.5) is 0 Å². The Morgan fingerprint density at radius 2 is 0.850 bits per heavy atom. The molecule has 0 amide bonds. The van der Waals surface area contributed by atoms with E-state index in [1.807, 2.05) is 0 Å². The van der Waals surface area contributed by atoms with Gasteiger partial charge in [0.15, 0.2) is 10.9 Å². The van der Waals surface area contributed by atoms with Crippen molar-refractivity contribution in [1.82, 2.24) is 0 Å². The van der Waals surface area contributed by atoms with E-state index >= 15 is 0 Å². The van der Waals surface area contributed by atoms with Gasteiger partial charge in [-0.05, 0) is 39.8 Å². The number of phenols is 6. The molecule has 0 spiro atoms. The Kier molecular flexibility index (Phi) is 5.02. The van der Waals surface area contributed by atoms with E-state index in [9.17, 15) is 40.2 Å². The normalized spacial score (nSPS) is 11.8. The van der Waals surface area contributed by atoms with Gasteiger partial charge in [0, 0.05) is 45.2 Å². The second-order valence-corrected chi connectivity index (χ2v) is 9.85. The van der Waals surface area contributed by atoms with Gasteiger partial charge in [0.25, 0.3) is 0 Å². The number of fused-ring (bicyclic) bond motifs is 4. The van der Waals surface area contributed by atoms with Gasteiger partial charge in [0.05, 0.1) is 10.8 Å². The Bertz CT molecular complexity index is 2090. The molecule has 10 heteroatoms. The molecule has 2 aromatic heterocycles. The quantitative estimate of drug-likeness (QED) is 0.148. The lowest BCUT2D eigenvalue weighted by Gasteiger charge is -2.18. The number of hydrogen-bond donors (Lipinski definition) is 6. The van der Waals surface area contributed by atoms with Crippen molar-refractivity contribution in [3.8, 4) is 45.6 Å². The van der Waals surface area contributed by atoms with Gasteiger partial charge in [0.1, 0.15) is 68.0 Å². The van der Waals surface area contributed by atoms with Gasteiger partial charge < -0.3 is 39.5 Å². The molecule has 40 heavy (non-hydrogen) atoms. The summed E-state index contributed by atoms with van der Waals surface area (Å²) in [7, 11) is 0. The Hall–Kier alpha value is -5.38. The number of aryl methyl sites for hydroxylation is 2. The predicted molar refractivity (Wildman–Crippen MR) is 148 cm³/mol. The number of rotatable bonds is 1. The highest BCUT2D eigenvalue weighted by Gasteiger charge is 2.27. The molecule has 0 aliphatic carbocycles. The fraction of sp³-hybridized carbons (Fsp3) is 0.133. The molecule has 10 nitrogen and oxygen atoms in total. The Morgan fingerprint density at radius 1 is 0.500 bits per heavy atom. The summed E-state index contributed by atoms with van der Waals surface area (Å²) in [5, 5.41) is 65.1. The van der Waals surface area contributed by atoms with Crippen molar-refractivity contribution in [3.63, 3.8) is 0 Å². The van der Waals surface area contributed by atoms with Crippen molar-refractivity contribution in [1.29, 1.82) is 0 Å². The summed E-state index contributed by atoms with van der Waals surface area (Å²) in [6.45, 7) is 6.21. The van der Waals surface area contributed by atoms with Crippen molar-refractivity contribution >= 4 is 43.5 Å². The fourth-order valence-electron chi connectivity index (χ4n) is 5.33. The zero-order valence-corrected chi connectivity index (χ0v) is 21.6. The van der Waals surface area contributed by atoms with Crippen LogP contribution in [0.15, 0.2) is 42.7 Å². The third-order valence-corrected chi connectivity index (χ3v) is 7.61. The zero-order chi connectivity index (χ0) is 28.9. The monoisotopic (exact) mass is 542 g/mol. The highest BCUT2D eigenvalue weighted by molar-refractivity contribution is 6.19. The van der Waals surface area contributed by atoms with E-state index in [4.69, 9.17) is 8.83 Å². The first-order valence-corrected chi connectivity index (χ1v) is 12.1. The van der Waals surface area contributed by atoms with Crippen molar-refractivity contribution in [3.05, 3.63) is 67.4 Å². The van der Waals surface area contributed by atoms with Gasteiger partial charge in [0.2, 0.25) is 0 Å². The van der Waals surface area contributed by atoms with E-state index in [0.29, 0.717) is 0 Å². The minimum atomic E-state index is -0.601. The largest absolute Gasteiger partial charge is 0.507 e. The Balaban J connectivity index is 1.88. The lowest BCUT2D eigenvalue weighted by atomic mass is 9.89. The first-order chi connectivity index (χ1) is 18.8. The number of aromatic hydroxyl groups is 6. The molecule has 0 atom stereocenters. The van der Waals surface area contributed by atoms with Crippen molar-refractivity contribution in [2.75, 3.05) is 0 Å². The van der Waals surface area contributed by atoms with Crippen LogP contribution in [0.5, 0.6) is 34.5 Å². The van der Waals surface area contributed by atoms with Crippen molar-refractivity contribution < 1.29 is 39.5 Å². The minimum Gasteiger partial charge on any atom is -0.507 e. The van der Waals surface area contributed by atoms with Crippen LogP contribution >= 0.6 is 0 Å². The van der Waals surface area contributed by atoms with Gasteiger partial charge in [-0.25, -0.2) is 0 Å². The average Bonchev–Trinajstić information content (AvgIpc) is 2.86. The van der Waals surface area contributed by atoms with Crippen molar-refractivity contribution in [2.45, 2.75) is 27.7 Å². The fourth-order valence-corrected chi connectivity index (χ4v) is 5.33. The molecule has 0 bridgehead atoms. The lowest BCUT2D eigenvalue weighted by molar-refractivity contribution is 0.445. The average molecular weight is 542 g/mol. The first kappa shape index (κ1) is 24.9. The summed E-state index contributed by atoms with van der Waals surface area (Å²) < 4.78 is 11.5. The standard InChI is InChI=1S/C30H22O10/c1-9-11(3)39-19-5-13-21(15(31)7-17(33)23(13)29(37)25(19)27(9)35)22-14-6-20-26(28(36)10(2)12(4)40-20)30(38)24(14)18(34)8-16(22)32/h5-8,31-34,37-38H,1-4H3. The molecule has 0 aliphatic rings. The van der Waals surface area contributed by atoms with Gasteiger partial charge in [-0.2, -0.15) is 0 Å². The molecule has 6 aromatic rings. The third kappa shape index (κ3) is 3.10. The van der Waals surface area contributed by atoms with Crippen LogP contribution < -0.4 is 10.9 Å². The first-order valence-electron chi connectivity index (χ1n) is 12.1. The van der Waals surface area contributed by atoms with Crippen molar-refractivity contribution in [2.24, 2.45) is 0 Å². The smallest absolute Gasteiger partial charge is 0.199 e. The van der Waals surface area contributed by atoms with E-state index in [2.05, 4.69) is 0 Å². The molecule has 0 saturated heterocycles. The van der Waals surface area contributed by atoms with Crippen LogP contribution in [0.25, 0.3) is 54.6 Å². The molecule has 6 rings (SSSR count). The molecular formula is C30H22O10. The summed E-state index contributed by atoms with van der Waals surface area (Å²) in [6.07, 6.45) is 0. The molecule has 0 unspecified atom stereocenters. The number of phenolic OH excluding ortho intramolecular Hbond substituents is 6. The molecule has 0 radical (unpaired) electrons. The molecule has 0 fully saturated rings. The molecule has 0 saturated carbocycles. The summed E-state index contributed by atoms with van der Waals surface area (Å²) in [5.74, 6) is -2.82. The second-order valence-electron chi connectivity index (χ2n) is 9.85. The summed E-state index contributed by atoms with van der Waals surface area (Å²) in [5.41, 5.74) is -0.843. The third-order valence-electron chi connectivity index (χ3n) is 7.61. The SMILES string of the molecule is Cc1oc2cc3c(-c4c(O)cc(O)c5c(O)c6c(=O)c(C)c(C)oc6cc45)c(O)cc(O)c3c(O)c2c(=O)c1C. The highest BCUT2D eigenvalue weighted by atomic mass is 16.3. The van der Waals surface area contributed by atoms with E-state index in [-0.39, 0.29) is 77.3 Å². The van der Waals surface area contributed by atoms with E-state index < -0.39 is 45.4 Å². The molecule has 4 aromatic carbocycles. The molecule has 0 aliphatic heterocycles. The molecule has 2 heterocycles. The Labute approximate surface area is 223 Å². The minimum absolute atomic E-state index is 0.0164. The van der Waals surface area contributed by atoms with Crippen LogP contribution in [0.1, 0.15) is 22.6 Å². The van der Waals surface area contributed by atoms with E-state index in [1.54, 1.807) is 13.8 Å². The highest BCUT2D eigenvalue weighted by Crippen LogP contribution is 2.53. The van der Waals surface area contributed by atoms with Gasteiger partial charge in [-0.3, -0.25) is 9.59 Å². The second kappa shape index (κ2) is 8.06. The van der Waals surface area contributed by atoms with Gasteiger partial charge in [-0.15, -0.1) is 0 Å². The van der Waals surface area contributed by atoms with Gasteiger partial charge >= 0.3 is 0 Å². The molecule has 202 valence electrons. The maximum Gasteiger partial charge on any atom is 0.199 e. The number of hydrogen-bond acceptors (Lipinski definition) is 10. The maximum absolute atomic E-state index is 13.0. The van der Waals surface area contributed by atoms with Crippen LogP contribution in [0, 0.1) is 27.7 Å². The molecule has 6 N–H and O–H groups in total. The number of benzene rings is 4. The molecular weight excluding hydrogens is 520 g/mol. The predicted octanol–water partition coefficient (Wildman–Crippen LogP) is 5.34. The van der Waals surface area contributed by atoms with E-state index in [0.717, 1.165) is 12.1 Å². The summed E-state index contributed by atoms with van der Waals surface area (Å²) >= 11 is 0. The van der Waals surface area contributed by atoms with Crippen LogP contribution in [-0.4, -0.2) is 30.6 Å². The summed E-state index contributed by atoms with van der Waals surface area (Å²) in [6, 6.07) is 4.52. The lowest BCUT2D eigenvalue weighted by Crippen LogP contribution is -2.08. The van der Waals surface area contributed by atoms with Crippen LogP contribution in [0.2, 0.25) is 0 Å². The van der Waals surface area contributed by atoms with Gasteiger partial charge in [-0.1, -0.05) is 0 Å². The van der Waals surface area contributed by atoms with E-state index in [1.165, 1.54) is 26.0 Å². The van der Waals surface area contributed by atoms with Crippen LogP contribution in [-0.2, 0) is 0 Å². The zero-order valence-electron chi connectivity index (χ0n) is 21.6.